The molecule has 22 heavy (non-hydrogen) atoms. The van der Waals surface area contributed by atoms with Crippen LogP contribution in [0.1, 0.15) is 5.56 Å². The van der Waals surface area contributed by atoms with Gasteiger partial charge in [-0.25, -0.2) is 9.89 Å². The molecule has 0 fully saturated rings. The normalized spacial score (nSPS) is 11.1. The molecule has 2 N–H and O–H groups in total. The van der Waals surface area contributed by atoms with Gasteiger partial charge in [0.25, 0.3) is 0 Å². The molecule has 0 atom stereocenters. The highest BCUT2D eigenvalue weighted by atomic mass is 16.1. The number of aromatic amines is 2. The Bertz CT molecular complexity index is 965. The number of rotatable bonds is 3. The highest BCUT2D eigenvalue weighted by Crippen LogP contribution is 2.16. The summed E-state index contributed by atoms with van der Waals surface area (Å²) in [5, 5.41) is 13.7. The Morgan fingerprint density at radius 1 is 1.05 bits per heavy atom. The van der Waals surface area contributed by atoms with Crippen LogP contribution in [-0.4, -0.2) is 30.2 Å². The van der Waals surface area contributed by atoms with Crippen LogP contribution in [0.25, 0.3) is 22.4 Å². The molecule has 0 saturated heterocycles. The van der Waals surface area contributed by atoms with Crippen LogP contribution in [0.2, 0.25) is 0 Å². The minimum absolute atomic E-state index is 0.107. The predicted octanol–water partition coefficient (Wildman–Crippen LogP) is 1.56. The number of hydrogen-bond donors (Lipinski definition) is 2. The van der Waals surface area contributed by atoms with Crippen LogP contribution in [0.3, 0.4) is 0 Å². The molecule has 2 aromatic carbocycles. The maximum absolute atomic E-state index is 12.1. The summed E-state index contributed by atoms with van der Waals surface area (Å²) in [5.74, 6) is 0.621. The van der Waals surface area contributed by atoms with Gasteiger partial charge < -0.3 is 4.98 Å². The van der Waals surface area contributed by atoms with E-state index in [1.54, 1.807) is 4.57 Å². The van der Waals surface area contributed by atoms with Crippen molar-refractivity contribution in [3.05, 3.63) is 64.6 Å². The zero-order valence-electron chi connectivity index (χ0n) is 11.5. The molecule has 4 aromatic rings. The minimum atomic E-state index is -0.107. The Kier molecular flexibility index (Phi) is 2.82. The lowest BCUT2D eigenvalue weighted by Gasteiger charge is -2.04. The van der Waals surface area contributed by atoms with Gasteiger partial charge in [0.1, 0.15) is 0 Å². The molecular weight excluding hydrogens is 280 g/mol. The lowest BCUT2D eigenvalue weighted by molar-refractivity contribution is 0.787. The predicted molar refractivity (Wildman–Crippen MR) is 81.3 cm³/mol. The number of nitrogens with zero attached hydrogens (tertiary/aromatic N) is 4. The van der Waals surface area contributed by atoms with Crippen LogP contribution in [0, 0.1) is 0 Å². The Labute approximate surface area is 124 Å². The fourth-order valence-corrected chi connectivity index (χ4v) is 2.50. The fraction of sp³-hybridized carbons (Fsp3) is 0.0667. The van der Waals surface area contributed by atoms with Crippen LogP contribution in [0.15, 0.2) is 53.3 Å². The summed E-state index contributed by atoms with van der Waals surface area (Å²) in [6, 6.07) is 15.4. The first kappa shape index (κ1) is 12.5. The molecule has 0 spiro atoms. The third kappa shape index (κ3) is 2.08. The molecule has 7 heteroatoms. The number of benzene rings is 2. The van der Waals surface area contributed by atoms with Crippen LogP contribution >= 0.6 is 0 Å². The van der Waals surface area contributed by atoms with Gasteiger partial charge in [-0.15, -0.1) is 5.10 Å². The van der Waals surface area contributed by atoms with E-state index in [9.17, 15) is 4.79 Å². The van der Waals surface area contributed by atoms with Crippen molar-refractivity contribution in [1.82, 2.24) is 30.2 Å². The summed E-state index contributed by atoms with van der Waals surface area (Å²) in [6.45, 7) is 0.512. The van der Waals surface area contributed by atoms with Gasteiger partial charge >= 0.3 is 5.69 Å². The quantitative estimate of drug-likeness (QED) is 0.599. The fourth-order valence-electron chi connectivity index (χ4n) is 2.50. The van der Waals surface area contributed by atoms with E-state index in [1.807, 2.05) is 48.5 Å². The van der Waals surface area contributed by atoms with Crippen LogP contribution in [-0.2, 0) is 6.54 Å². The average Bonchev–Trinajstić information content (AvgIpc) is 3.17. The number of para-hydroxylation sites is 2. The number of hydrogen-bond acceptors (Lipinski definition) is 4. The van der Waals surface area contributed by atoms with E-state index in [1.165, 1.54) is 0 Å². The lowest BCUT2D eigenvalue weighted by atomic mass is 10.1. The van der Waals surface area contributed by atoms with E-state index in [0.29, 0.717) is 12.4 Å². The molecule has 7 nitrogen and oxygen atoms in total. The Morgan fingerprint density at radius 3 is 2.64 bits per heavy atom. The number of H-pyrrole nitrogens is 2. The lowest BCUT2D eigenvalue weighted by Crippen LogP contribution is -2.17. The molecule has 0 aliphatic carbocycles. The molecule has 0 saturated carbocycles. The largest absolute Gasteiger partial charge is 0.326 e. The number of aromatic nitrogens is 6. The van der Waals surface area contributed by atoms with E-state index < -0.39 is 0 Å². The molecule has 2 aromatic heterocycles. The first-order valence-electron chi connectivity index (χ1n) is 6.82. The van der Waals surface area contributed by atoms with E-state index in [4.69, 9.17) is 0 Å². The summed E-state index contributed by atoms with van der Waals surface area (Å²) in [5.41, 5.74) is 3.57. The SMILES string of the molecule is O=c1[nH]c2ccccc2n1Cc1ccc(-c2nnn[nH]2)cc1. The molecule has 4 rings (SSSR count). The van der Waals surface area contributed by atoms with Gasteiger partial charge in [0.15, 0.2) is 5.82 Å². The van der Waals surface area contributed by atoms with Crippen molar-refractivity contribution in [3.63, 3.8) is 0 Å². The van der Waals surface area contributed by atoms with Gasteiger partial charge in [-0.2, -0.15) is 0 Å². The summed E-state index contributed by atoms with van der Waals surface area (Å²) in [6.07, 6.45) is 0. The zero-order chi connectivity index (χ0) is 14.9. The third-order valence-corrected chi connectivity index (χ3v) is 3.60. The molecule has 0 aliphatic heterocycles. The number of nitrogens with one attached hydrogen (secondary N) is 2. The van der Waals surface area contributed by atoms with Gasteiger partial charge in [0, 0.05) is 5.56 Å². The highest BCUT2D eigenvalue weighted by molar-refractivity contribution is 5.75. The molecule has 2 heterocycles. The monoisotopic (exact) mass is 292 g/mol. The number of imidazole rings is 1. The summed E-state index contributed by atoms with van der Waals surface area (Å²) >= 11 is 0. The van der Waals surface area contributed by atoms with Crippen molar-refractivity contribution in [2.45, 2.75) is 6.54 Å². The van der Waals surface area contributed by atoms with E-state index in [2.05, 4.69) is 25.6 Å². The van der Waals surface area contributed by atoms with Crippen LogP contribution in [0.5, 0.6) is 0 Å². The van der Waals surface area contributed by atoms with Crippen LogP contribution < -0.4 is 5.69 Å². The highest BCUT2D eigenvalue weighted by Gasteiger charge is 2.07. The minimum Gasteiger partial charge on any atom is -0.306 e. The second kappa shape index (κ2) is 4.96. The van der Waals surface area contributed by atoms with Gasteiger partial charge in [-0.1, -0.05) is 36.4 Å². The maximum atomic E-state index is 12.1. The summed E-state index contributed by atoms with van der Waals surface area (Å²) in [4.78, 5) is 14.9. The van der Waals surface area contributed by atoms with Gasteiger partial charge in [-0.3, -0.25) is 4.57 Å². The summed E-state index contributed by atoms with van der Waals surface area (Å²) < 4.78 is 1.72. The molecule has 0 radical (unpaired) electrons. The smallest absolute Gasteiger partial charge is 0.306 e. The maximum Gasteiger partial charge on any atom is 0.326 e. The van der Waals surface area contributed by atoms with E-state index >= 15 is 0 Å². The second-order valence-electron chi connectivity index (χ2n) is 4.98. The molecule has 108 valence electrons. The zero-order valence-corrected chi connectivity index (χ0v) is 11.5. The first-order chi connectivity index (χ1) is 10.8. The van der Waals surface area contributed by atoms with E-state index in [-0.39, 0.29) is 5.69 Å². The van der Waals surface area contributed by atoms with Crippen LogP contribution in [0.4, 0.5) is 0 Å². The molecule has 0 aliphatic rings. The van der Waals surface area contributed by atoms with Gasteiger partial charge in [0.05, 0.1) is 17.6 Å². The van der Waals surface area contributed by atoms with Gasteiger partial charge in [0.2, 0.25) is 0 Å². The standard InChI is InChI=1S/C15H12N6O/c22-15-16-12-3-1-2-4-13(12)21(15)9-10-5-7-11(8-6-10)14-17-19-20-18-14/h1-8H,9H2,(H,16,22)(H,17,18,19,20). The Morgan fingerprint density at radius 2 is 1.86 bits per heavy atom. The number of tetrazole rings is 1. The Balaban J connectivity index is 1.68. The topological polar surface area (TPSA) is 92.2 Å². The van der Waals surface area contributed by atoms with Crippen molar-refractivity contribution in [3.8, 4) is 11.4 Å². The number of fused-ring (bicyclic) bond motifs is 1. The van der Waals surface area contributed by atoms with Crippen molar-refractivity contribution < 1.29 is 0 Å². The summed E-state index contributed by atoms with van der Waals surface area (Å²) in [7, 11) is 0. The third-order valence-electron chi connectivity index (χ3n) is 3.60. The molecule has 0 amide bonds. The van der Waals surface area contributed by atoms with Crippen molar-refractivity contribution in [2.24, 2.45) is 0 Å². The van der Waals surface area contributed by atoms with Crippen molar-refractivity contribution in [1.29, 1.82) is 0 Å². The van der Waals surface area contributed by atoms with Gasteiger partial charge in [-0.05, 0) is 28.1 Å². The second-order valence-corrected chi connectivity index (χ2v) is 4.98. The van der Waals surface area contributed by atoms with Crippen molar-refractivity contribution >= 4 is 11.0 Å². The molecule has 0 unspecified atom stereocenters. The Hall–Kier alpha value is -3.22. The average molecular weight is 292 g/mol. The van der Waals surface area contributed by atoms with E-state index in [0.717, 1.165) is 22.2 Å². The molecular formula is C15H12N6O. The van der Waals surface area contributed by atoms with Crippen molar-refractivity contribution in [2.75, 3.05) is 0 Å². The molecule has 0 bridgehead atoms. The first-order valence-corrected chi connectivity index (χ1v) is 6.82.